The molecule has 5 aromatic rings. The van der Waals surface area contributed by atoms with E-state index >= 15 is 0 Å². The first kappa shape index (κ1) is 44.6. The number of ether oxygens (including phenoxy) is 2. The van der Waals surface area contributed by atoms with Gasteiger partial charge in [0, 0.05) is 68.2 Å². The maximum absolute atomic E-state index is 13.1. The van der Waals surface area contributed by atoms with Gasteiger partial charge >= 0.3 is 6.61 Å². The molecule has 0 saturated carbocycles. The third-order valence-electron chi connectivity index (χ3n) is 12.1. The van der Waals surface area contributed by atoms with Crippen LogP contribution in [-0.4, -0.2) is 109 Å². The number of methoxy groups -OCH3 is 1. The fraction of sp³-hybridized carbons (Fsp3) is 0.390. The second-order valence-electron chi connectivity index (χ2n) is 16.0. The van der Waals surface area contributed by atoms with Crippen LogP contribution in [-0.2, 0) is 30.1 Å². The van der Waals surface area contributed by atoms with Crippen molar-refractivity contribution in [2.75, 3.05) is 64.4 Å². The predicted molar refractivity (Wildman–Crippen MR) is 229 cm³/mol. The Morgan fingerprint density at radius 3 is 1.58 bits per heavy atom. The van der Waals surface area contributed by atoms with E-state index in [4.69, 9.17) is 21.3 Å². The minimum Gasteiger partial charge on any atom is -0.497 e. The van der Waals surface area contributed by atoms with Gasteiger partial charge in [-0.25, -0.2) is 34.6 Å². The molecule has 0 aliphatic carbocycles. The number of halogens is 4. The van der Waals surface area contributed by atoms with Crippen molar-refractivity contribution in [3.63, 3.8) is 0 Å². The number of fused-ring (bicyclic) bond motifs is 1. The summed E-state index contributed by atoms with van der Waals surface area (Å²) in [6, 6.07) is 21.8. The summed E-state index contributed by atoms with van der Waals surface area (Å²) in [6.07, 6.45) is 2.74. The van der Waals surface area contributed by atoms with Crippen LogP contribution in [0.25, 0.3) is 10.2 Å². The van der Waals surface area contributed by atoms with Crippen LogP contribution in [0.5, 0.6) is 11.5 Å². The molecule has 4 aliphatic rings. The molecule has 13 nitrogen and oxygen atoms in total. The first-order valence-corrected chi connectivity index (χ1v) is 25.2. The fourth-order valence-corrected chi connectivity index (χ4v) is 14.2. The number of hydrogen-bond donors (Lipinski definition) is 0. The number of benzene rings is 4. The molecule has 332 valence electrons. The van der Waals surface area contributed by atoms with E-state index in [1.165, 1.54) is 45.0 Å². The van der Waals surface area contributed by atoms with Crippen molar-refractivity contribution in [3.8, 4) is 11.5 Å². The highest BCUT2D eigenvalue weighted by molar-refractivity contribution is 7.89. The Labute approximate surface area is 367 Å². The van der Waals surface area contributed by atoms with E-state index in [0.29, 0.717) is 36.6 Å². The Balaban J connectivity index is 0.000000171. The van der Waals surface area contributed by atoms with E-state index < -0.39 is 42.5 Å². The van der Waals surface area contributed by atoms with E-state index in [2.05, 4.69) is 9.64 Å². The molecule has 1 aromatic heterocycles. The first-order chi connectivity index (χ1) is 29.4. The summed E-state index contributed by atoms with van der Waals surface area (Å²) < 4.78 is 129. The summed E-state index contributed by atoms with van der Waals surface area (Å²) in [4.78, 5) is 7.35. The number of alkyl halides is 2. The van der Waals surface area contributed by atoms with Gasteiger partial charge in [-0.2, -0.15) is 21.7 Å². The Morgan fingerprint density at radius 1 is 0.645 bits per heavy atom. The number of anilines is 1. The maximum atomic E-state index is 13.1. The van der Waals surface area contributed by atoms with Gasteiger partial charge in [0.25, 0.3) is 0 Å². The van der Waals surface area contributed by atoms with E-state index in [9.17, 15) is 38.4 Å². The Bertz CT molecular complexity index is 2730. The van der Waals surface area contributed by atoms with E-state index in [1.54, 1.807) is 47.0 Å². The molecule has 4 aliphatic heterocycles. The van der Waals surface area contributed by atoms with Crippen molar-refractivity contribution in [1.82, 2.24) is 17.9 Å². The Hall–Kier alpha value is -4.02. The third kappa shape index (κ3) is 9.02. The molecule has 9 rings (SSSR count). The smallest absolute Gasteiger partial charge is 0.387 e. The van der Waals surface area contributed by atoms with Gasteiger partial charge in [-0.05, 0) is 117 Å². The maximum Gasteiger partial charge on any atom is 0.387 e. The van der Waals surface area contributed by atoms with E-state index in [-0.39, 0.29) is 52.5 Å². The minimum absolute atomic E-state index is 0.0203. The van der Waals surface area contributed by atoms with Crippen LogP contribution < -0.4 is 14.4 Å². The molecule has 0 bridgehead atoms. The summed E-state index contributed by atoms with van der Waals surface area (Å²) in [5, 5.41) is 1.74. The molecule has 4 fully saturated rings. The van der Waals surface area contributed by atoms with Crippen molar-refractivity contribution in [2.45, 2.75) is 47.0 Å². The lowest BCUT2D eigenvalue weighted by Gasteiger charge is -2.53. The Morgan fingerprint density at radius 2 is 1.10 bits per heavy atom. The summed E-state index contributed by atoms with van der Waals surface area (Å²) >= 11 is 7.75. The van der Waals surface area contributed by atoms with Gasteiger partial charge < -0.3 is 14.4 Å². The van der Waals surface area contributed by atoms with Gasteiger partial charge in [0.15, 0.2) is 5.13 Å². The third-order valence-corrected chi connectivity index (χ3v) is 19.0. The lowest BCUT2D eigenvalue weighted by molar-refractivity contribution is -0.0498. The van der Waals surface area contributed by atoms with Crippen molar-refractivity contribution in [1.29, 1.82) is 0 Å². The summed E-state index contributed by atoms with van der Waals surface area (Å²) in [5.74, 6) is 0.000457. The number of piperidine rings is 2. The van der Waals surface area contributed by atoms with Crippen LogP contribution in [0.1, 0.15) is 25.7 Å². The molecular formula is C41H43ClF3N5O8S4. The van der Waals surface area contributed by atoms with E-state index in [0.717, 1.165) is 58.4 Å². The normalized spacial score (nSPS) is 19.5. The fourth-order valence-electron chi connectivity index (χ4n) is 8.42. The standard InChI is InChI=1S/C21H22ClN3O3S2.C20H21F3N2O5S2/c1-28-16-3-5-17(6-4-16)30(26,27)25-10-8-21(9-11-25)13-24(14-21)20-23-18-7-2-15(22)12-19(18)29-20;21-15-1-5-17(6-2-15)31(26,27)24-11-9-20(10-12-24)13-25(14-20)32(28,29)18-7-3-16(4-8-18)30-19(22)23/h2-7,12H,8-11,13-14H2,1H3;1-8,19H,9-14H2. The molecule has 0 atom stereocenters. The van der Waals surface area contributed by atoms with Gasteiger partial charge in [0.1, 0.15) is 17.3 Å². The molecule has 0 N–H and O–H groups in total. The van der Waals surface area contributed by atoms with Gasteiger partial charge in [-0.3, -0.25) is 0 Å². The zero-order valence-electron chi connectivity index (χ0n) is 33.4. The van der Waals surface area contributed by atoms with Crippen LogP contribution >= 0.6 is 22.9 Å². The lowest BCUT2D eigenvalue weighted by atomic mass is 9.73. The first-order valence-electron chi connectivity index (χ1n) is 19.7. The predicted octanol–water partition coefficient (Wildman–Crippen LogP) is 7.15. The van der Waals surface area contributed by atoms with Gasteiger partial charge in [0.05, 0.1) is 32.0 Å². The molecule has 4 saturated heterocycles. The summed E-state index contributed by atoms with van der Waals surface area (Å²) in [7, 11) is -9.43. The van der Waals surface area contributed by atoms with Crippen LogP contribution in [0.15, 0.2) is 106 Å². The Kier molecular flexibility index (Phi) is 12.3. The molecule has 4 aromatic carbocycles. The number of thiazole rings is 1. The molecule has 21 heteroatoms. The topological polar surface area (TPSA) is 147 Å². The van der Waals surface area contributed by atoms with Crippen LogP contribution in [0, 0.1) is 16.6 Å². The number of nitrogens with zero attached hydrogens (tertiary/aromatic N) is 5. The zero-order chi connectivity index (χ0) is 44.1. The van der Waals surface area contributed by atoms with Crippen molar-refractivity contribution in [2.24, 2.45) is 10.8 Å². The van der Waals surface area contributed by atoms with Crippen molar-refractivity contribution in [3.05, 3.63) is 102 Å². The van der Waals surface area contributed by atoms with Gasteiger partial charge in [0.2, 0.25) is 30.1 Å². The van der Waals surface area contributed by atoms with Crippen LogP contribution in [0.4, 0.5) is 18.3 Å². The minimum atomic E-state index is -3.79. The molecule has 5 heterocycles. The largest absolute Gasteiger partial charge is 0.497 e. The molecule has 2 spiro atoms. The highest BCUT2D eigenvalue weighted by Gasteiger charge is 2.51. The number of aromatic nitrogens is 1. The van der Waals surface area contributed by atoms with Crippen LogP contribution in [0.3, 0.4) is 0 Å². The van der Waals surface area contributed by atoms with Gasteiger partial charge in [-0.15, -0.1) is 0 Å². The SMILES string of the molecule is COc1ccc(S(=O)(=O)N2CCC3(CC2)CN(c2nc4ccc(Cl)cc4s2)C3)cc1.O=S(=O)(c1ccc(F)cc1)N1CCC2(CC1)CN(S(=O)(=O)c1ccc(OC(F)F)cc1)C2. The monoisotopic (exact) mass is 953 g/mol. The lowest BCUT2D eigenvalue weighted by Crippen LogP contribution is -2.62. The number of sulfonamides is 3. The average molecular weight is 955 g/mol. The molecule has 0 radical (unpaired) electrons. The van der Waals surface area contributed by atoms with Gasteiger partial charge in [-0.1, -0.05) is 22.9 Å². The molecule has 62 heavy (non-hydrogen) atoms. The zero-order valence-corrected chi connectivity index (χ0v) is 37.4. The van der Waals surface area contributed by atoms with Crippen molar-refractivity contribution >= 4 is 68.4 Å². The van der Waals surface area contributed by atoms with E-state index in [1.807, 2.05) is 18.2 Å². The quantitative estimate of drug-likeness (QED) is 0.142. The van der Waals surface area contributed by atoms with Crippen LogP contribution in [0.2, 0.25) is 5.02 Å². The second-order valence-corrected chi connectivity index (χ2v) is 23.3. The average Bonchev–Trinajstić information content (AvgIpc) is 3.65. The van der Waals surface area contributed by atoms with Crippen molar-refractivity contribution < 1.29 is 47.9 Å². The summed E-state index contributed by atoms with van der Waals surface area (Å²) in [6.45, 7) is 0.971. The molecular weight excluding hydrogens is 911 g/mol. The molecule has 0 amide bonds. The number of hydrogen-bond acceptors (Lipinski definition) is 11. The number of rotatable bonds is 10. The second kappa shape index (κ2) is 17.2. The summed E-state index contributed by atoms with van der Waals surface area (Å²) in [5.41, 5.74) is 0.850. The molecule has 0 unspecified atom stereocenters. The highest BCUT2D eigenvalue weighted by Crippen LogP contribution is 2.46. The highest BCUT2D eigenvalue weighted by atomic mass is 35.5.